The highest BCUT2D eigenvalue weighted by Gasteiger charge is 2.37. The van der Waals surface area contributed by atoms with Crippen LogP contribution in [0.5, 0.6) is 0 Å². The number of hydrogen-bond acceptors (Lipinski definition) is 6. The third-order valence-corrected chi connectivity index (χ3v) is 6.17. The molecule has 134 valence electrons. The van der Waals surface area contributed by atoms with E-state index in [-0.39, 0.29) is 17.7 Å². The van der Waals surface area contributed by atoms with E-state index in [1.54, 1.807) is 11.3 Å². The Labute approximate surface area is 151 Å². The first-order valence-electron chi connectivity index (χ1n) is 8.77. The number of carbonyl (C=O) groups is 1. The van der Waals surface area contributed by atoms with Gasteiger partial charge < -0.3 is 15.1 Å². The molecule has 0 aromatic carbocycles. The number of anilines is 1. The van der Waals surface area contributed by atoms with Gasteiger partial charge in [-0.1, -0.05) is 0 Å². The maximum atomic E-state index is 13.1. The van der Waals surface area contributed by atoms with Crippen LogP contribution >= 0.6 is 11.3 Å². The van der Waals surface area contributed by atoms with Crippen molar-refractivity contribution in [1.82, 2.24) is 25.0 Å². The van der Waals surface area contributed by atoms with Crippen molar-refractivity contribution in [3.8, 4) is 0 Å². The van der Waals surface area contributed by atoms with Crippen LogP contribution in [0.1, 0.15) is 17.2 Å². The monoisotopic (exact) mass is 360 g/mol. The summed E-state index contributed by atoms with van der Waals surface area (Å²) in [5, 5.41) is 10.8. The zero-order valence-corrected chi connectivity index (χ0v) is 15.5. The Morgan fingerprint density at radius 2 is 2.08 bits per heavy atom. The van der Waals surface area contributed by atoms with Crippen LogP contribution in [0.3, 0.4) is 0 Å². The van der Waals surface area contributed by atoms with Crippen LogP contribution in [-0.4, -0.2) is 64.8 Å². The van der Waals surface area contributed by atoms with Gasteiger partial charge in [0.15, 0.2) is 5.13 Å². The minimum absolute atomic E-state index is 0.0119. The van der Waals surface area contributed by atoms with Crippen molar-refractivity contribution in [3.05, 3.63) is 29.0 Å². The normalized spacial score (nSPS) is 24.1. The van der Waals surface area contributed by atoms with Crippen LogP contribution in [0.25, 0.3) is 0 Å². The van der Waals surface area contributed by atoms with Crippen molar-refractivity contribution >= 4 is 22.4 Å². The predicted molar refractivity (Wildman–Crippen MR) is 98.0 cm³/mol. The molecule has 1 amide bonds. The lowest BCUT2D eigenvalue weighted by Gasteiger charge is -2.36. The summed E-state index contributed by atoms with van der Waals surface area (Å²) in [6, 6.07) is 0. The van der Waals surface area contributed by atoms with Crippen LogP contribution in [0.4, 0.5) is 5.13 Å². The maximum absolute atomic E-state index is 13.1. The Balaban J connectivity index is 1.40. The number of amides is 1. The first kappa shape index (κ1) is 16.5. The van der Waals surface area contributed by atoms with Crippen molar-refractivity contribution in [2.75, 3.05) is 44.2 Å². The molecule has 2 aliphatic rings. The van der Waals surface area contributed by atoms with Gasteiger partial charge >= 0.3 is 0 Å². The molecule has 2 aromatic rings. The van der Waals surface area contributed by atoms with E-state index in [1.807, 2.05) is 35.9 Å². The number of hydrogen-bond donors (Lipinski definition) is 1. The molecule has 7 nitrogen and oxygen atoms in total. The molecule has 1 N–H and O–H groups in total. The van der Waals surface area contributed by atoms with Gasteiger partial charge in [0.2, 0.25) is 5.91 Å². The molecule has 0 spiro atoms. The molecule has 2 saturated heterocycles. The molecule has 0 unspecified atom stereocenters. The van der Waals surface area contributed by atoms with Crippen molar-refractivity contribution < 1.29 is 4.79 Å². The number of carbonyl (C=O) groups excluding carboxylic acids is 1. The van der Waals surface area contributed by atoms with Crippen LogP contribution in [-0.2, 0) is 11.8 Å². The van der Waals surface area contributed by atoms with Crippen molar-refractivity contribution in [1.29, 1.82) is 0 Å². The molecule has 4 heterocycles. The summed E-state index contributed by atoms with van der Waals surface area (Å²) in [6.45, 7) is 6.88. The van der Waals surface area contributed by atoms with Crippen LogP contribution in [0.15, 0.2) is 17.8 Å². The third kappa shape index (κ3) is 3.28. The second-order valence-electron chi connectivity index (χ2n) is 6.90. The summed E-state index contributed by atoms with van der Waals surface area (Å²) < 4.78 is 1.81. The fraction of sp³-hybridized carbons (Fsp3) is 0.588. The van der Waals surface area contributed by atoms with Crippen molar-refractivity contribution in [2.45, 2.75) is 12.8 Å². The summed E-state index contributed by atoms with van der Waals surface area (Å²) in [4.78, 5) is 21.9. The topological polar surface area (TPSA) is 66.3 Å². The molecule has 0 bridgehead atoms. The summed E-state index contributed by atoms with van der Waals surface area (Å²) >= 11 is 1.68. The average molecular weight is 360 g/mol. The second kappa shape index (κ2) is 6.76. The molecule has 2 aliphatic heterocycles. The zero-order valence-electron chi connectivity index (χ0n) is 14.7. The van der Waals surface area contributed by atoms with E-state index >= 15 is 0 Å². The van der Waals surface area contributed by atoms with Crippen LogP contribution < -0.4 is 10.2 Å². The van der Waals surface area contributed by atoms with Gasteiger partial charge in [-0.25, -0.2) is 4.98 Å². The van der Waals surface area contributed by atoms with E-state index in [0.717, 1.165) is 55.7 Å². The summed E-state index contributed by atoms with van der Waals surface area (Å²) in [5.41, 5.74) is 2.22. The molecular weight excluding hydrogens is 336 g/mol. The minimum atomic E-state index is 0.0119. The number of aromatic nitrogens is 3. The highest BCUT2D eigenvalue weighted by molar-refractivity contribution is 7.13. The lowest BCUT2D eigenvalue weighted by atomic mass is 9.89. The first-order valence-corrected chi connectivity index (χ1v) is 9.65. The maximum Gasteiger partial charge on any atom is 0.227 e. The van der Waals surface area contributed by atoms with E-state index in [4.69, 9.17) is 0 Å². The first-order chi connectivity index (χ1) is 12.1. The number of nitrogens with one attached hydrogen (secondary N) is 1. The number of piperazine rings is 1. The fourth-order valence-corrected chi connectivity index (χ4v) is 4.62. The van der Waals surface area contributed by atoms with Gasteiger partial charge in [0.25, 0.3) is 0 Å². The number of thiazole rings is 1. The SMILES string of the molecule is Cc1csc(N2CCN(C(=O)[C@H]3CNC[C@@H]3c3cnn(C)c3)CC2)n1. The van der Waals surface area contributed by atoms with Gasteiger partial charge in [0.05, 0.1) is 17.8 Å². The van der Waals surface area contributed by atoms with Gasteiger partial charge in [-0.3, -0.25) is 9.48 Å². The average Bonchev–Trinajstić information content (AvgIpc) is 3.34. The number of rotatable bonds is 3. The van der Waals surface area contributed by atoms with Crippen LogP contribution in [0, 0.1) is 12.8 Å². The zero-order chi connectivity index (χ0) is 17.4. The number of aryl methyl sites for hydroxylation is 2. The Kier molecular flexibility index (Phi) is 4.47. The van der Waals surface area contributed by atoms with Crippen LogP contribution in [0.2, 0.25) is 0 Å². The standard InChI is InChI=1S/C17H24N6OS/c1-12-11-25-17(20-12)23-5-3-22(4-6-23)16(24)15-9-18-8-14(15)13-7-19-21(2)10-13/h7,10-11,14-15,18H,3-6,8-9H2,1-2H3/t14-,15+/m1/s1. The molecule has 0 radical (unpaired) electrons. The third-order valence-electron chi connectivity index (χ3n) is 5.15. The molecule has 8 heteroatoms. The van der Waals surface area contributed by atoms with Gasteiger partial charge in [-0.05, 0) is 12.5 Å². The lowest BCUT2D eigenvalue weighted by Crippen LogP contribution is -2.51. The Hall–Kier alpha value is -1.93. The second-order valence-corrected chi connectivity index (χ2v) is 7.74. The largest absolute Gasteiger partial charge is 0.345 e. The molecule has 25 heavy (non-hydrogen) atoms. The summed E-state index contributed by atoms with van der Waals surface area (Å²) in [5.74, 6) is 0.507. The van der Waals surface area contributed by atoms with Gasteiger partial charge in [-0.15, -0.1) is 11.3 Å². The van der Waals surface area contributed by atoms with E-state index in [9.17, 15) is 4.79 Å². The molecule has 2 aromatic heterocycles. The number of nitrogens with zero attached hydrogens (tertiary/aromatic N) is 5. The van der Waals surface area contributed by atoms with E-state index < -0.39 is 0 Å². The van der Waals surface area contributed by atoms with E-state index in [2.05, 4.69) is 25.7 Å². The van der Waals surface area contributed by atoms with E-state index in [1.165, 1.54) is 0 Å². The minimum Gasteiger partial charge on any atom is -0.345 e. The van der Waals surface area contributed by atoms with Gasteiger partial charge in [0.1, 0.15) is 0 Å². The highest BCUT2D eigenvalue weighted by Crippen LogP contribution is 2.30. The van der Waals surface area contributed by atoms with Gasteiger partial charge in [-0.2, -0.15) is 5.10 Å². The highest BCUT2D eigenvalue weighted by atomic mass is 32.1. The molecule has 0 aliphatic carbocycles. The quantitative estimate of drug-likeness (QED) is 0.879. The Morgan fingerprint density at radius 3 is 2.72 bits per heavy atom. The molecule has 4 rings (SSSR count). The summed E-state index contributed by atoms with van der Waals surface area (Å²) in [6.07, 6.45) is 3.92. The molecule has 2 fully saturated rings. The molecule has 2 atom stereocenters. The molecule has 0 saturated carbocycles. The van der Waals surface area contributed by atoms with E-state index in [0.29, 0.717) is 0 Å². The smallest absolute Gasteiger partial charge is 0.227 e. The van der Waals surface area contributed by atoms with Gasteiger partial charge in [0, 0.05) is 63.8 Å². The lowest BCUT2D eigenvalue weighted by molar-refractivity contribution is -0.135. The predicted octanol–water partition coefficient (Wildman–Crippen LogP) is 0.837. The Morgan fingerprint density at radius 1 is 1.28 bits per heavy atom. The fourth-order valence-electron chi connectivity index (χ4n) is 3.76. The van der Waals surface area contributed by atoms with Crippen molar-refractivity contribution in [3.63, 3.8) is 0 Å². The Bertz CT molecular complexity index is 748. The summed E-state index contributed by atoms with van der Waals surface area (Å²) in [7, 11) is 1.92. The van der Waals surface area contributed by atoms with Crippen molar-refractivity contribution in [2.24, 2.45) is 13.0 Å². The molecular formula is C17H24N6OS.